The highest BCUT2D eigenvalue weighted by Crippen LogP contribution is 2.29. The molecule has 1 saturated heterocycles. The molecule has 1 aliphatic carbocycles. The van der Waals surface area contributed by atoms with Gasteiger partial charge in [-0.2, -0.15) is 5.10 Å². The number of halogens is 1. The Hall–Kier alpha value is -1.61. The summed E-state index contributed by atoms with van der Waals surface area (Å²) in [6, 6.07) is 11.8. The van der Waals surface area contributed by atoms with Gasteiger partial charge in [0, 0.05) is 51.2 Å². The van der Waals surface area contributed by atoms with Crippen molar-refractivity contribution >= 4 is 29.9 Å². The fraction of sp³-hybridized carbons (Fsp3) is 0.500. The van der Waals surface area contributed by atoms with Crippen molar-refractivity contribution < 1.29 is 0 Å². The second kappa shape index (κ2) is 9.54. The molecule has 6 nitrogen and oxygen atoms in total. The number of aliphatic imine (C=N–C) groups is 1. The monoisotopic (exact) mass is 480 g/mol. The smallest absolute Gasteiger partial charge is 0.191 e. The van der Waals surface area contributed by atoms with Crippen molar-refractivity contribution in [3.05, 3.63) is 48.3 Å². The Bertz CT molecular complexity index is 733. The van der Waals surface area contributed by atoms with E-state index in [2.05, 4.69) is 49.9 Å². The Labute approximate surface area is 178 Å². The molecule has 4 rings (SSSR count). The molecule has 1 saturated carbocycles. The molecule has 2 aromatic rings. The van der Waals surface area contributed by atoms with Gasteiger partial charge in [0.05, 0.1) is 5.69 Å². The summed E-state index contributed by atoms with van der Waals surface area (Å²) in [5.74, 6) is 0.888. The van der Waals surface area contributed by atoms with E-state index in [1.807, 2.05) is 24.0 Å². The van der Waals surface area contributed by atoms with Crippen LogP contribution in [0.5, 0.6) is 0 Å². The van der Waals surface area contributed by atoms with Gasteiger partial charge in [0.2, 0.25) is 0 Å². The second-order valence-corrected chi connectivity index (χ2v) is 7.23. The third-order valence-electron chi connectivity index (χ3n) is 5.30. The first-order valence-corrected chi connectivity index (χ1v) is 9.62. The Morgan fingerprint density at radius 2 is 2.00 bits per heavy atom. The van der Waals surface area contributed by atoms with Crippen LogP contribution in [0.25, 0.3) is 5.69 Å². The van der Waals surface area contributed by atoms with E-state index >= 15 is 0 Å². The average Bonchev–Trinajstić information content (AvgIpc) is 3.39. The van der Waals surface area contributed by atoms with Crippen molar-refractivity contribution in [1.29, 1.82) is 0 Å². The number of piperidine rings is 1. The number of likely N-dealkylation sites (tertiary alicyclic amines) is 1. The summed E-state index contributed by atoms with van der Waals surface area (Å²) in [6.07, 6.45) is 8.96. The minimum absolute atomic E-state index is 0. The molecule has 27 heavy (non-hydrogen) atoms. The first-order valence-electron chi connectivity index (χ1n) is 9.62. The van der Waals surface area contributed by atoms with Crippen LogP contribution in [-0.4, -0.2) is 52.9 Å². The van der Waals surface area contributed by atoms with Crippen molar-refractivity contribution in [2.75, 3.05) is 20.1 Å². The van der Waals surface area contributed by atoms with Crippen molar-refractivity contribution in [2.45, 2.75) is 44.3 Å². The standard InChI is InChI=1S/C20H28N6.HI/c1-21-20(24-17-8-12-25(13-9-17)18-6-7-18)22-15-16-4-2-5-19(14-16)26-11-3-10-23-26;/h2-5,10-11,14,17-18H,6-9,12-13,15H2,1H3,(H2,21,22,24);1H. The maximum Gasteiger partial charge on any atom is 0.191 e. The Balaban J connectivity index is 0.00000210. The minimum Gasteiger partial charge on any atom is -0.354 e. The molecule has 7 heteroatoms. The van der Waals surface area contributed by atoms with E-state index in [0.717, 1.165) is 24.2 Å². The summed E-state index contributed by atoms with van der Waals surface area (Å²) in [5, 5.41) is 11.3. The quantitative estimate of drug-likeness (QED) is 0.393. The number of aromatic nitrogens is 2. The van der Waals surface area contributed by atoms with Crippen molar-refractivity contribution in [3.8, 4) is 5.69 Å². The highest BCUT2D eigenvalue weighted by molar-refractivity contribution is 14.0. The van der Waals surface area contributed by atoms with E-state index in [1.54, 1.807) is 6.20 Å². The zero-order valence-corrected chi connectivity index (χ0v) is 18.2. The van der Waals surface area contributed by atoms with Gasteiger partial charge in [-0.05, 0) is 49.4 Å². The van der Waals surface area contributed by atoms with E-state index in [0.29, 0.717) is 6.04 Å². The van der Waals surface area contributed by atoms with Crippen LogP contribution in [0.15, 0.2) is 47.7 Å². The molecule has 2 N–H and O–H groups in total. The lowest BCUT2D eigenvalue weighted by Crippen LogP contribution is -2.48. The van der Waals surface area contributed by atoms with E-state index in [4.69, 9.17) is 0 Å². The average molecular weight is 480 g/mol. The van der Waals surface area contributed by atoms with Gasteiger partial charge in [-0.15, -0.1) is 24.0 Å². The molecule has 0 bridgehead atoms. The number of nitrogens with one attached hydrogen (secondary N) is 2. The highest BCUT2D eigenvalue weighted by atomic mass is 127. The van der Waals surface area contributed by atoms with Crippen LogP contribution in [0.4, 0.5) is 0 Å². The molecule has 0 spiro atoms. The molecule has 0 atom stereocenters. The zero-order valence-electron chi connectivity index (χ0n) is 15.8. The lowest BCUT2D eigenvalue weighted by Gasteiger charge is -2.33. The van der Waals surface area contributed by atoms with Gasteiger partial charge in [0.15, 0.2) is 5.96 Å². The van der Waals surface area contributed by atoms with Crippen LogP contribution >= 0.6 is 24.0 Å². The number of guanidine groups is 1. The van der Waals surface area contributed by atoms with Gasteiger partial charge in [-0.3, -0.25) is 4.99 Å². The van der Waals surface area contributed by atoms with Crippen molar-refractivity contribution in [1.82, 2.24) is 25.3 Å². The predicted molar refractivity (Wildman–Crippen MR) is 120 cm³/mol. The van der Waals surface area contributed by atoms with Crippen LogP contribution in [0.3, 0.4) is 0 Å². The Morgan fingerprint density at radius 3 is 2.67 bits per heavy atom. The number of rotatable bonds is 5. The molecule has 146 valence electrons. The molecule has 2 aliphatic rings. The van der Waals surface area contributed by atoms with E-state index in [9.17, 15) is 0 Å². The van der Waals surface area contributed by atoms with Gasteiger partial charge in [0.1, 0.15) is 0 Å². The van der Waals surface area contributed by atoms with E-state index in [-0.39, 0.29) is 24.0 Å². The molecule has 2 heterocycles. The molecule has 1 aromatic carbocycles. The SMILES string of the molecule is CN=C(NCc1cccc(-n2cccn2)c1)NC1CCN(C2CC2)CC1.I. The second-order valence-electron chi connectivity index (χ2n) is 7.23. The topological polar surface area (TPSA) is 57.5 Å². The highest BCUT2D eigenvalue weighted by Gasteiger charge is 2.31. The van der Waals surface area contributed by atoms with Gasteiger partial charge in [0.25, 0.3) is 0 Å². The molecule has 0 unspecified atom stereocenters. The Kier molecular flexibility index (Phi) is 7.12. The third kappa shape index (κ3) is 5.44. The first kappa shape index (κ1) is 20.1. The van der Waals surface area contributed by atoms with Crippen LogP contribution < -0.4 is 10.6 Å². The van der Waals surface area contributed by atoms with Crippen molar-refractivity contribution in [3.63, 3.8) is 0 Å². The number of hydrogen-bond acceptors (Lipinski definition) is 3. The van der Waals surface area contributed by atoms with Crippen molar-refractivity contribution in [2.24, 2.45) is 4.99 Å². The summed E-state index contributed by atoms with van der Waals surface area (Å²) in [6.45, 7) is 3.17. The first-order chi connectivity index (χ1) is 12.8. The predicted octanol–water partition coefficient (Wildman–Crippen LogP) is 2.78. The molecule has 0 amide bonds. The lowest BCUT2D eigenvalue weighted by molar-refractivity contribution is 0.197. The van der Waals surface area contributed by atoms with Gasteiger partial charge in [-0.1, -0.05) is 12.1 Å². The van der Waals surface area contributed by atoms with E-state index in [1.165, 1.54) is 44.3 Å². The molecule has 2 fully saturated rings. The number of benzene rings is 1. The molecule has 0 radical (unpaired) electrons. The van der Waals surface area contributed by atoms with Crippen LogP contribution in [-0.2, 0) is 6.54 Å². The van der Waals surface area contributed by atoms with Gasteiger partial charge < -0.3 is 15.5 Å². The largest absolute Gasteiger partial charge is 0.354 e. The van der Waals surface area contributed by atoms with Gasteiger partial charge in [-0.25, -0.2) is 4.68 Å². The summed E-state index contributed by atoms with van der Waals surface area (Å²) in [4.78, 5) is 7.05. The molecule has 1 aliphatic heterocycles. The summed E-state index contributed by atoms with van der Waals surface area (Å²) >= 11 is 0. The van der Waals surface area contributed by atoms with E-state index < -0.39 is 0 Å². The fourth-order valence-electron chi connectivity index (χ4n) is 3.65. The van der Waals surface area contributed by atoms with Crippen LogP contribution in [0, 0.1) is 0 Å². The summed E-state index contributed by atoms with van der Waals surface area (Å²) in [5.41, 5.74) is 2.29. The Morgan fingerprint density at radius 1 is 1.19 bits per heavy atom. The maximum absolute atomic E-state index is 4.40. The third-order valence-corrected chi connectivity index (χ3v) is 5.30. The normalized spacial score (nSPS) is 18.8. The van der Waals surface area contributed by atoms with Crippen LogP contribution in [0.1, 0.15) is 31.2 Å². The molecular formula is C20H29IN6. The minimum atomic E-state index is 0. The number of hydrogen-bond donors (Lipinski definition) is 2. The molecule has 1 aromatic heterocycles. The molecular weight excluding hydrogens is 451 g/mol. The fourth-order valence-corrected chi connectivity index (χ4v) is 3.65. The summed E-state index contributed by atoms with van der Waals surface area (Å²) < 4.78 is 1.88. The van der Waals surface area contributed by atoms with Crippen LogP contribution in [0.2, 0.25) is 0 Å². The maximum atomic E-state index is 4.40. The van der Waals surface area contributed by atoms with Gasteiger partial charge >= 0.3 is 0 Å². The number of nitrogens with zero attached hydrogens (tertiary/aromatic N) is 4. The summed E-state index contributed by atoms with van der Waals surface area (Å²) in [7, 11) is 1.84. The zero-order chi connectivity index (χ0) is 17.8. The lowest BCUT2D eigenvalue weighted by atomic mass is 10.1.